The number of hydrogen-bond acceptors (Lipinski definition) is 3. The van der Waals surface area contributed by atoms with Crippen LogP contribution in [0.3, 0.4) is 0 Å². The Kier molecular flexibility index (Phi) is 4.62. The first-order valence-electron chi connectivity index (χ1n) is 8.98. The van der Waals surface area contributed by atoms with Crippen molar-refractivity contribution >= 4 is 33.2 Å². The van der Waals surface area contributed by atoms with E-state index >= 15 is 0 Å². The van der Waals surface area contributed by atoms with Crippen LogP contribution in [0.5, 0.6) is 0 Å². The molecule has 2 atom stereocenters. The summed E-state index contributed by atoms with van der Waals surface area (Å²) in [5.74, 6) is -0.738. The lowest BCUT2D eigenvalue weighted by Gasteiger charge is -2.24. The zero-order valence-corrected chi connectivity index (χ0v) is 17.1. The Morgan fingerprint density at radius 2 is 1.86 bits per heavy atom. The van der Waals surface area contributed by atoms with Gasteiger partial charge < -0.3 is 4.90 Å². The molecule has 0 radical (unpaired) electrons. The molecule has 0 spiro atoms. The molecule has 2 heterocycles. The van der Waals surface area contributed by atoms with Crippen molar-refractivity contribution in [1.29, 1.82) is 0 Å². The van der Waals surface area contributed by atoms with Gasteiger partial charge in [0.15, 0.2) is 9.84 Å². The Morgan fingerprint density at radius 3 is 2.57 bits per heavy atom. The minimum atomic E-state index is -3.30. The summed E-state index contributed by atoms with van der Waals surface area (Å²) in [6.07, 6.45) is 0. The molecule has 0 unspecified atom stereocenters. The second-order valence-electron chi connectivity index (χ2n) is 7.48. The highest BCUT2D eigenvalue weighted by molar-refractivity contribution is 7.91. The van der Waals surface area contributed by atoms with Crippen LogP contribution in [0.25, 0.3) is 0 Å². The van der Waals surface area contributed by atoms with Crippen LogP contribution >= 0.6 is 11.6 Å². The number of nitrogens with zero attached hydrogens (tertiary/aromatic N) is 2. The number of amides is 2. The zero-order valence-electron chi connectivity index (χ0n) is 15.5. The average Bonchev–Trinajstić information content (AvgIpc) is 3.04. The van der Waals surface area contributed by atoms with Gasteiger partial charge >= 0.3 is 6.03 Å². The quantitative estimate of drug-likeness (QED) is 0.708. The van der Waals surface area contributed by atoms with Gasteiger partial charge in [0.05, 0.1) is 30.1 Å². The van der Waals surface area contributed by atoms with Crippen molar-refractivity contribution in [2.45, 2.75) is 32.5 Å². The van der Waals surface area contributed by atoms with E-state index in [1.54, 1.807) is 11.0 Å². The van der Waals surface area contributed by atoms with Gasteiger partial charge in [0, 0.05) is 16.3 Å². The third kappa shape index (κ3) is 3.16. The average molecular weight is 423 g/mol. The molecule has 2 aliphatic rings. The molecule has 0 aliphatic carbocycles. The molecule has 2 aliphatic heterocycles. The number of carbonyl (C=O) groups excluding carboxylic acids is 1. The van der Waals surface area contributed by atoms with E-state index in [4.69, 9.17) is 11.6 Å². The maximum Gasteiger partial charge on any atom is 0.325 e. The molecule has 148 valence electrons. The van der Waals surface area contributed by atoms with Crippen molar-refractivity contribution in [3.63, 3.8) is 0 Å². The Morgan fingerprint density at radius 1 is 1.14 bits per heavy atom. The zero-order chi connectivity index (χ0) is 20.2. The third-order valence-electron chi connectivity index (χ3n) is 5.49. The summed E-state index contributed by atoms with van der Waals surface area (Å²) in [7, 11) is -3.30. The predicted octanol–water partition coefficient (Wildman–Crippen LogP) is 3.70. The van der Waals surface area contributed by atoms with Gasteiger partial charge in [-0.25, -0.2) is 17.6 Å². The Labute approximate surface area is 168 Å². The van der Waals surface area contributed by atoms with E-state index < -0.39 is 27.7 Å². The van der Waals surface area contributed by atoms with Gasteiger partial charge in [0.25, 0.3) is 0 Å². The van der Waals surface area contributed by atoms with Gasteiger partial charge in [-0.05, 0) is 43.2 Å². The molecule has 2 aromatic carbocycles. The summed E-state index contributed by atoms with van der Waals surface area (Å²) in [6, 6.07) is 8.73. The third-order valence-corrected chi connectivity index (χ3v) is 7.54. The lowest BCUT2D eigenvalue weighted by molar-refractivity contribution is 0.205. The fourth-order valence-electron chi connectivity index (χ4n) is 4.08. The molecule has 8 heteroatoms. The molecular formula is C20H20ClFN2O3S. The summed E-state index contributed by atoms with van der Waals surface area (Å²) < 4.78 is 39.0. The summed E-state index contributed by atoms with van der Waals surface area (Å²) in [6.45, 7) is 3.74. The maximum atomic E-state index is 14.3. The summed E-state index contributed by atoms with van der Waals surface area (Å²) in [4.78, 5) is 16.3. The minimum absolute atomic E-state index is 0.0671. The number of halogens is 2. The number of hydrogen-bond donors (Lipinski definition) is 0. The first-order chi connectivity index (χ1) is 13.2. The highest BCUT2D eigenvalue weighted by Gasteiger charge is 2.54. The number of fused-ring (bicyclic) bond motifs is 1. The minimum Gasteiger partial charge on any atom is -0.314 e. The van der Waals surface area contributed by atoms with Crippen LogP contribution in [0.2, 0.25) is 5.02 Å². The topological polar surface area (TPSA) is 57.7 Å². The van der Waals surface area contributed by atoms with Crippen LogP contribution in [0.1, 0.15) is 16.7 Å². The summed E-state index contributed by atoms with van der Waals surface area (Å²) in [5, 5.41) is 0.218. The number of rotatable bonds is 3. The fraction of sp³-hybridized carbons (Fsp3) is 0.350. The molecule has 0 N–H and O–H groups in total. The molecule has 2 saturated heterocycles. The number of benzene rings is 2. The van der Waals surface area contributed by atoms with E-state index in [0.29, 0.717) is 5.69 Å². The number of aryl methyl sites for hydroxylation is 2. The van der Waals surface area contributed by atoms with E-state index in [9.17, 15) is 17.6 Å². The van der Waals surface area contributed by atoms with Crippen LogP contribution in [0.4, 0.5) is 14.9 Å². The second kappa shape index (κ2) is 6.74. The van der Waals surface area contributed by atoms with Gasteiger partial charge in [-0.3, -0.25) is 4.90 Å². The van der Waals surface area contributed by atoms with Crippen molar-refractivity contribution in [1.82, 2.24) is 4.90 Å². The predicted molar refractivity (Wildman–Crippen MR) is 107 cm³/mol. The van der Waals surface area contributed by atoms with Crippen molar-refractivity contribution in [3.05, 3.63) is 63.9 Å². The van der Waals surface area contributed by atoms with Crippen molar-refractivity contribution in [3.8, 4) is 0 Å². The molecule has 2 aromatic rings. The lowest BCUT2D eigenvalue weighted by Crippen LogP contribution is -2.38. The number of urea groups is 1. The van der Waals surface area contributed by atoms with Crippen molar-refractivity contribution < 1.29 is 17.6 Å². The van der Waals surface area contributed by atoms with E-state index in [-0.39, 0.29) is 34.7 Å². The number of carbonyl (C=O) groups is 1. The molecule has 2 fully saturated rings. The van der Waals surface area contributed by atoms with E-state index in [1.165, 1.54) is 17.0 Å². The molecule has 0 bridgehead atoms. The second-order valence-corrected chi connectivity index (χ2v) is 10.0. The molecule has 2 amide bonds. The molecule has 5 nitrogen and oxygen atoms in total. The van der Waals surface area contributed by atoms with E-state index in [1.807, 2.05) is 32.0 Å². The smallest absolute Gasteiger partial charge is 0.314 e. The van der Waals surface area contributed by atoms with E-state index in [2.05, 4.69) is 0 Å². The summed E-state index contributed by atoms with van der Waals surface area (Å²) in [5.41, 5.74) is 2.75. The maximum absolute atomic E-state index is 14.3. The van der Waals surface area contributed by atoms with Gasteiger partial charge in [0.2, 0.25) is 0 Å². The Balaban J connectivity index is 1.78. The SMILES string of the molecule is Cc1ccc(C)c(N2C(=O)N(Cc3c(F)cccc3Cl)[C@@H]3CS(=O)(=O)C[C@@H]32)c1. The fourth-order valence-corrected chi connectivity index (χ4v) is 6.25. The largest absolute Gasteiger partial charge is 0.325 e. The van der Waals surface area contributed by atoms with Crippen LogP contribution in [-0.4, -0.2) is 42.9 Å². The Hall–Kier alpha value is -2.12. The molecular weight excluding hydrogens is 403 g/mol. The Bertz CT molecular complexity index is 1050. The first-order valence-corrected chi connectivity index (χ1v) is 11.2. The van der Waals surface area contributed by atoms with Crippen LogP contribution < -0.4 is 4.90 Å². The van der Waals surface area contributed by atoms with Gasteiger partial charge in [0.1, 0.15) is 5.82 Å². The van der Waals surface area contributed by atoms with Gasteiger partial charge in [-0.15, -0.1) is 0 Å². The van der Waals surface area contributed by atoms with Crippen LogP contribution in [0, 0.1) is 19.7 Å². The van der Waals surface area contributed by atoms with Crippen LogP contribution in [0.15, 0.2) is 36.4 Å². The number of anilines is 1. The first kappa shape index (κ1) is 19.2. The van der Waals surface area contributed by atoms with E-state index in [0.717, 1.165) is 11.1 Å². The summed E-state index contributed by atoms with van der Waals surface area (Å²) >= 11 is 6.14. The van der Waals surface area contributed by atoms with Gasteiger partial charge in [-0.1, -0.05) is 29.8 Å². The number of sulfone groups is 1. The van der Waals surface area contributed by atoms with Gasteiger partial charge in [-0.2, -0.15) is 0 Å². The van der Waals surface area contributed by atoms with Crippen molar-refractivity contribution in [2.24, 2.45) is 0 Å². The highest BCUT2D eigenvalue weighted by Crippen LogP contribution is 2.38. The monoisotopic (exact) mass is 422 g/mol. The van der Waals surface area contributed by atoms with Crippen molar-refractivity contribution in [2.75, 3.05) is 16.4 Å². The van der Waals surface area contributed by atoms with Crippen LogP contribution in [-0.2, 0) is 16.4 Å². The normalized spacial score (nSPS) is 23.4. The molecule has 28 heavy (non-hydrogen) atoms. The highest BCUT2D eigenvalue weighted by atomic mass is 35.5. The molecule has 0 saturated carbocycles. The molecule has 4 rings (SSSR count). The molecule has 0 aromatic heterocycles. The standard InChI is InChI=1S/C20H20ClFN2O3S/c1-12-6-7-13(2)17(8-12)24-19-11-28(26,27)10-18(19)23(20(24)25)9-14-15(21)4-3-5-16(14)22/h3-8,18-19H,9-11H2,1-2H3/t18-,19+/m1/s1. The lowest BCUT2D eigenvalue weighted by atomic mass is 10.1.